The number of rotatable bonds is 4. The van der Waals surface area contributed by atoms with Gasteiger partial charge in [-0.25, -0.2) is 0 Å². The van der Waals surface area contributed by atoms with Crippen molar-refractivity contribution in [3.63, 3.8) is 0 Å². The number of carbonyl (C=O) groups is 2. The van der Waals surface area contributed by atoms with E-state index in [1.165, 1.54) is 23.5 Å². The summed E-state index contributed by atoms with van der Waals surface area (Å²) in [7, 11) is 0. The molecular formula is C16H11NO2S2. The number of hydrogen-bond acceptors (Lipinski definition) is 4. The van der Waals surface area contributed by atoms with Gasteiger partial charge >= 0.3 is 0 Å². The van der Waals surface area contributed by atoms with Crippen molar-refractivity contribution in [3.8, 4) is 0 Å². The average Bonchev–Trinajstić information content (AvgIpc) is 2.76. The minimum Gasteiger partial charge on any atom is -0.287 e. The third kappa shape index (κ3) is 3.20. The van der Waals surface area contributed by atoms with Crippen LogP contribution >= 0.6 is 23.5 Å². The summed E-state index contributed by atoms with van der Waals surface area (Å²) in [4.78, 5) is 26.7. The quantitative estimate of drug-likeness (QED) is 0.878. The SMILES string of the molecule is O=C1NC(=O)C(Sc2ccccc2)=C1Sc1ccccc1. The summed E-state index contributed by atoms with van der Waals surface area (Å²) in [6.07, 6.45) is 0. The van der Waals surface area contributed by atoms with E-state index in [1.807, 2.05) is 60.7 Å². The number of thioether (sulfide) groups is 2. The molecule has 0 saturated carbocycles. The van der Waals surface area contributed by atoms with Crippen LogP contribution < -0.4 is 5.32 Å². The lowest BCUT2D eigenvalue weighted by Gasteiger charge is -2.03. The molecule has 5 heteroatoms. The Morgan fingerprint density at radius 3 is 1.38 bits per heavy atom. The Balaban J connectivity index is 1.92. The summed E-state index contributed by atoms with van der Waals surface area (Å²) in [5.74, 6) is -0.653. The molecule has 0 aromatic heterocycles. The first-order valence-corrected chi connectivity index (χ1v) is 7.93. The average molecular weight is 313 g/mol. The number of carbonyl (C=O) groups excluding carboxylic acids is 2. The Bertz CT molecular complexity index is 650. The van der Waals surface area contributed by atoms with Crippen molar-refractivity contribution in [2.45, 2.75) is 9.79 Å². The third-order valence-electron chi connectivity index (χ3n) is 2.77. The van der Waals surface area contributed by atoms with Gasteiger partial charge in [-0.15, -0.1) is 0 Å². The molecule has 0 saturated heterocycles. The van der Waals surface area contributed by atoms with E-state index in [9.17, 15) is 9.59 Å². The largest absolute Gasteiger partial charge is 0.287 e. The van der Waals surface area contributed by atoms with E-state index in [0.29, 0.717) is 9.81 Å². The van der Waals surface area contributed by atoms with Crippen LogP contribution in [0.5, 0.6) is 0 Å². The van der Waals surface area contributed by atoms with Gasteiger partial charge in [0.1, 0.15) is 0 Å². The highest BCUT2D eigenvalue weighted by Gasteiger charge is 2.31. The summed E-state index contributed by atoms with van der Waals surface area (Å²) in [5.41, 5.74) is 0. The molecule has 2 aromatic rings. The van der Waals surface area contributed by atoms with Gasteiger partial charge in [0.05, 0.1) is 9.81 Å². The Labute approximate surface area is 130 Å². The van der Waals surface area contributed by atoms with E-state index in [0.717, 1.165) is 9.79 Å². The van der Waals surface area contributed by atoms with Gasteiger partial charge in [-0.05, 0) is 24.3 Å². The molecule has 2 amide bonds. The second-order valence-electron chi connectivity index (χ2n) is 4.27. The second kappa shape index (κ2) is 6.20. The molecule has 1 N–H and O–H groups in total. The van der Waals surface area contributed by atoms with Gasteiger partial charge in [0.15, 0.2) is 0 Å². The molecule has 0 atom stereocenters. The zero-order valence-electron chi connectivity index (χ0n) is 10.9. The highest BCUT2D eigenvalue weighted by molar-refractivity contribution is 8.08. The molecule has 3 rings (SSSR count). The highest BCUT2D eigenvalue weighted by atomic mass is 32.2. The first-order valence-electron chi connectivity index (χ1n) is 6.30. The van der Waals surface area contributed by atoms with Gasteiger partial charge in [-0.2, -0.15) is 0 Å². The van der Waals surface area contributed by atoms with Crippen molar-refractivity contribution in [2.24, 2.45) is 0 Å². The molecule has 0 bridgehead atoms. The first kappa shape index (κ1) is 14.0. The third-order valence-corrected chi connectivity index (χ3v) is 5.10. The molecule has 0 radical (unpaired) electrons. The van der Waals surface area contributed by atoms with Gasteiger partial charge in [0, 0.05) is 9.79 Å². The fraction of sp³-hybridized carbons (Fsp3) is 0. The second-order valence-corrected chi connectivity index (χ2v) is 6.44. The lowest BCUT2D eigenvalue weighted by Crippen LogP contribution is -2.22. The van der Waals surface area contributed by atoms with Crippen LogP contribution in [0.3, 0.4) is 0 Å². The van der Waals surface area contributed by atoms with Crippen LogP contribution in [0.25, 0.3) is 0 Å². The number of nitrogens with one attached hydrogen (secondary N) is 1. The Morgan fingerprint density at radius 2 is 1.00 bits per heavy atom. The van der Waals surface area contributed by atoms with E-state index in [2.05, 4.69) is 5.32 Å². The molecule has 1 heterocycles. The molecular weight excluding hydrogens is 302 g/mol. The van der Waals surface area contributed by atoms with Crippen LogP contribution in [0.1, 0.15) is 0 Å². The maximum absolute atomic E-state index is 12.0. The normalized spacial score (nSPS) is 14.5. The standard InChI is InChI=1S/C16H11NO2S2/c18-15-13(20-11-7-3-1-4-8-11)14(16(19)17-15)21-12-9-5-2-6-10-12/h1-10H,(H,17,18,19). The Kier molecular flexibility index (Phi) is 4.13. The van der Waals surface area contributed by atoms with Crippen molar-refractivity contribution in [3.05, 3.63) is 70.5 Å². The van der Waals surface area contributed by atoms with Crippen LogP contribution in [-0.4, -0.2) is 11.8 Å². The molecule has 3 nitrogen and oxygen atoms in total. The van der Waals surface area contributed by atoms with E-state index in [4.69, 9.17) is 0 Å². The predicted octanol–water partition coefficient (Wildman–Crippen LogP) is 3.44. The summed E-state index contributed by atoms with van der Waals surface area (Å²) in [6.45, 7) is 0. The molecule has 2 aromatic carbocycles. The number of imide groups is 1. The monoisotopic (exact) mass is 313 g/mol. The fourth-order valence-corrected chi connectivity index (χ4v) is 3.79. The Hall–Kier alpha value is -1.98. The number of benzene rings is 2. The number of hydrogen-bond donors (Lipinski definition) is 1. The predicted molar refractivity (Wildman–Crippen MR) is 84.8 cm³/mol. The van der Waals surface area contributed by atoms with E-state index in [-0.39, 0.29) is 11.8 Å². The summed E-state index contributed by atoms with van der Waals surface area (Å²) in [6, 6.07) is 19.1. The van der Waals surface area contributed by atoms with Crippen molar-refractivity contribution in [1.29, 1.82) is 0 Å². The van der Waals surface area contributed by atoms with E-state index in [1.54, 1.807) is 0 Å². The molecule has 0 fully saturated rings. The molecule has 0 spiro atoms. The van der Waals surface area contributed by atoms with Crippen molar-refractivity contribution >= 4 is 35.3 Å². The molecule has 104 valence electrons. The maximum Gasteiger partial charge on any atom is 0.266 e. The topological polar surface area (TPSA) is 46.2 Å². The number of amides is 2. The maximum atomic E-state index is 12.0. The lowest BCUT2D eigenvalue weighted by molar-refractivity contribution is -0.123. The lowest BCUT2D eigenvalue weighted by atomic mass is 10.4. The Morgan fingerprint density at radius 1 is 0.619 bits per heavy atom. The van der Waals surface area contributed by atoms with Crippen molar-refractivity contribution < 1.29 is 9.59 Å². The molecule has 0 aliphatic carbocycles. The van der Waals surface area contributed by atoms with E-state index >= 15 is 0 Å². The van der Waals surface area contributed by atoms with Crippen molar-refractivity contribution in [1.82, 2.24) is 5.32 Å². The minimum absolute atomic E-state index is 0.327. The van der Waals surface area contributed by atoms with Crippen LogP contribution in [0.2, 0.25) is 0 Å². The van der Waals surface area contributed by atoms with Gasteiger partial charge in [0.25, 0.3) is 11.8 Å². The van der Waals surface area contributed by atoms with Gasteiger partial charge < -0.3 is 0 Å². The zero-order chi connectivity index (χ0) is 14.7. The molecule has 1 aliphatic rings. The molecule has 1 aliphatic heterocycles. The highest BCUT2D eigenvalue weighted by Crippen LogP contribution is 2.39. The van der Waals surface area contributed by atoms with Crippen LogP contribution in [0, 0.1) is 0 Å². The zero-order valence-corrected chi connectivity index (χ0v) is 12.5. The first-order chi connectivity index (χ1) is 10.2. The van der Waals surface area contributed by atoms with Crippen LogP contribution in [-0.2, 0) is 9.59 Å². The summed E-state index contributed by atoms with van der Waals surface area (Å²) >= 11 is 2.63. The fourth-order valence-electron chi connectivity index (χ4n) is 1.82. The molecule has 0 unspecified atom stereocenters. The summed E-state index contributed by atoms with van der Waals surface area (Å²) < 4.78 is 0. The van der Waals surface area contributed by atoms with Gasteiger partial charge in [-0.1, -0.05) is 59.9 Å². The smallest absolute Gasteiger partial charge is 0.266 e. The minimum atomic E-state index is -0.327. The molecule has 21 heavy (non-hydrogen) atoms. The van der Waals surface area contributed by atoms with Gasteiger partial charge in [0.2, 0.25) is 0 Å². The van der Waals surface area contributed by atoms with Gasteiger partial charge in [-0.3, -0.25) is 14.9 Å². The summed E-state index contributed by atoms with van der Waals surface area (Å²) in [5, 5.41) is 2.36. The van der Waals surface area contributed by atoms with E-state index < -0.39 is 0 Å². The van der Waals surface area contributed by atoms with Crippen LogP contribution in [0.15, 0.2) is 80.3 Å². The van der Waals surface area contributed by atoms with Crippen molar-refractivity contribution in [2.75, 3.05) is 0 Å². The van der Waals surface area contributed by atoms with Crippen LogP contribution in [0.4, 0.5) is 0 Å².